The van der Waals surface area contributed by atoms with E-state index in [2.05, 4.69) is 76.3 Å². The van der Waals surface area contributed by atoms with Gasteiger partial charge in [0.15, 0.2) is 0 Å². The second-order valence-electron chi connectivity index (χ2n) is 8.70. The lowest BCUT2D eigenvalue weighted by molar-refractivity contribution is 0.0950. The number of hydrogen-bond acceptors (Lipinski definition) is 4. The highest BCUT2D eigenvalue weighted by Crippen LogP contribution is 2.35. The van der Waals surface area contributed by atoms with Crippen LogP contribution in [0.15, 0.2) is 59.9 Å². The zero-order valence-corrected chi connectivity index (χ0v) is 17.8. The lowest BCUT2D eigenvalue weighted by atomic mass is 9.91. The van der Waals surface area contributed by atoms with Crippen LogP contribution >= 0.6 is 0 Å². The molecule has 0 saturated carbocycles. The van der Waals surface area contributed by atoms with Gasteiger partial charge in [-0.25, -0.2) is 4.99 Å². The summed E-state index contributed by atoms with van der Waals surface area (Å²) in [4.78, 5) is 26.6. The minimum absolute atomic E-state index is 0.0316. The minimum atomic E-state index is -0.118. The van der Waals surface area contributed by atoms with Crippen molar-refractivity contribution in [3.8, 4) is 0 Å². The number of H-pyrrole nitrogens is 1. The summed E-state index contributed by atoms with van der Waals surface area (Å²) in [5.41, 5.74) is 4.90. The zero-order valence-electron chi connectivity index (χ0n) is 17.8. The van der Waals surface area contributed by atoms with Gasteiger partial charge in [0.25, 0.3) is 5.91 Å². The van der Waals surface area contributed by atoms with E-state index in [4.69, 9.17) is 0 Å². The van der Waals surface area contributed by atoms with Gasteiger partial charge in [-0.15, -0.1) is 0 Å². The Labute approximate surface area is 177 Å². The molecule has 1 aliphatic rings. The first-order chi connectivity index (χ1) is 14.3. The van der Waals surface area contributed by atoms with E-state index in [-0.39, 0.29) is 17.4 Å². The van der Waals surface area contributed by atoms with Gasteiger partial charge in [0.2, 0.25) is 0 Å². The average molecular weight is 402 g/mol. The van der Waals surface area contributed by atoms with E-state index in [1.807, 2.05) is 31.7 Å². The number of fused-ring (bicyclic) bond motifs is 1. The highest BCUT2D eigenvalue weighted by molar-refractivity contribution is 5.93. The van der Waals surface area contributed by atoms with E-state index in [9.17, 15) is 4.79 Å². The number of amides is 1. The molecule has 0 bridgehead atoms. The largest absolute Gasteiger partial charge is 0.354 e. The van der Waals surface area contributed by atoms with Gasteiger partial charge in [-0.2, -0.15) is 0 Å². The number of carbonyl (C=O) groups is 1. The lowest BCUT2D eigenvalue weighted by Crippen LogP contribution is -2.26. The van der Waals surface area contributed by atoms with Crippen LogP contribution in [0.2, 0.25) is 0 Å². The Balaban J connectivity index is 1.41. The number of aromatic amines is 1. The third-order valence-corrected chi connectivity index (χ3v) is 5.37. The molecule has 0 spiro atoms. The molecule has 0 fully saturated rings. The van der Waals surface area contributed by atoms with Crippen molar-refractivity contribution in [2.45, 2.75) is 38.8 Å². The van der Waals surface area contributed by atoms with Crippen molar-refractivity contribution in [2.24, 2.45) is 4.99 Å². The van der Waals surface area contributed by atoms with Gasteiger partial charge in [-0.05, 0) is 29.3 Å². The van der Waals surface area contributed by atoms with Gasteiger partial charge >= 0.3 is 0 Å². The number of aliphatic imine (C=N–C) groups is 1. The van der Waals surface area contributed by atoms with E-state index in [0.717, 1.165) is 22.6 Å². The number of carbonyl (C=O) groups excluding carboxylic acids is 1. The summed E-state index contributed by atoms with van der Waals surface area (Å²) in [6, 6.07) is 14.3. The molecule has 1 unspecified atom stereocenters. The Hall–Kier alpha value is -3.41. The summed E-state index contributed by atoms with van der Waals surface area (Å²) in [5.74, 6) is 0.785. The van der Waals surface area contributed by atoms with Crippen molar-refractivity contribution >= 4 is 18.1 Å². The minimum Gasteiger partial charge on any atom is -0.354 e. The molecular weight excluding hydrogens is 374 g/mol. The van der Waals surface area contributed by atoms with Gasteiger partial charge in [0.1, 0.15) is 5.82 Å². The molecule has 6 heteroatoms. The molecule has 0 saturated heterocycles. The molecule has 1 atom stereocenters. The molecule has 2 N–H and O–H groups in total. The molecule has 0 aliphatic carbocycles. The fourth-order valence-corrected chi connectivity index (χ4v) is 3.63. The van der Waals surface area contributed by atoms with Crippen molar-refractivity contribution in [1.82, 2.24) is 20.2 Å². The number of pyridine rings is 1. The van der Waals surface area contributed by atoms with Gasteiger partial charge in [0, 0.05) is 42.7 Å². The molecule has 6 nitrogen and oxygen atoms in total. The Morgan fingerprint density at radius 3 is 2.57 bits per heavy atom. The highest BCUT2D eigenvalue weighted by Gasteiger charge is 2.24. The lowest BCUT2D eigenvalue weighted by Gasteiger charge is -2.29. The van der Waals surface area contributed by atoms with Crippen LogP contribution in [0.1, 0.15) is 59.6 Å². The van der Waals surface area contributed by atoms with E-state index < -0.39 is 0 Å². The number of hydrogen-bond donors (Lipinski definition) is 2. The first kappa shape index (κ1) is 19.9. The zero-order chi connectivity index (χ0) is 21.3. The molecule has 30 heavy (non-hydrogen) atoms. The third kappa shape index (κ3) is 3.99. The van der Waals surface area contributed by atoms with Gasteiger partial charge in [0.05, 0.1) is 17.9 Å². The molecule has 3 aromatic rings. The molecule has 3 heterocycles. The Kier molecular flexibility index (Phi) is 5.16. The summed E-state index contributed by atoms with van der Waals surface area (Å²) in [5, 5.41) is 2.98. The fraction of sp³-hybridized carbons (Fsp3) is 0.292. The summed E-state index contributed by atoms with van der Waals surface area (Å²) < 4.78 is 0. The van der Waals surface area contributed by atoms with Crippen LogP contribution in [0, 0.1) is 0 Å². The van der Waals surface area contributed by atoms with Crippen LogP contribution < -0.4 is 5.32 Å². The van der Waals surface area contributed by atoms with Gasteiger partial charge in [-0.3, -0.25) is 9.78 Å². The molecule has 1 aromatic carbocycles. The molecule has 0 radical (unpaired) electrons. The van der Waals surface area contributed by atoms with Crippen molar-refractivity contribution < 1.29 is 4.79 Å². The van der Waals surface area contributed by atoms with Crippen LogP contribution in [-0.4, -0.2) is 34.2 Å². The molecule has 1 amide bonds. The Bertz CT molecular complexity index is 1060. The second kappa shape index (κ2) is 7.78. The fourth-order valence-electron chi connectivity index (χ4n) is 3.63. The van der Waals surface area contributed by atoms with Crippen molar-refractivity contribution in [3.63, 3.8) is 0 Å². The maximum atomic E-state index is 12.5. The smallest absolute Gasteiger partial charge is 0.253 e. The van der Waals surface area contributed by atoms with Crippen molar-refractivity contribution in [1.29, 1.82) is 0 Å². The molecule has 1 aliphatic heterocycles. The van der Waals surface area contributed by atoms with Crippen LogP contribution in [0.3, 0.4) is 0 Å². The van der Waals surface area contributed by atoms with Crippen LogP contribution in [-0.2, 0) is 12.0 Å². The molecular formula is C24H27N5O. The molecule has 4 rings (SSSR count). The van der Waals surface area contributed by atoms with E-state index >= 15 is 0 Å². The van der Waals surface area contributed by atoms with Crippen LogP contribution in [0.5, 0.6) is 0 Å². The van der Waals surface area contributed by atoms with E-state index in [0.29, 0.717) is 12.1 Å². The van der Waals surface area contributed by atoms with Gasteiger partial charge < -0.3 is 15.2 Å². The number of rotatable bonds is 4. The van der Waals surface area contributed by atoms with Crippen molar-refractivity contribution in [2.75, 3.05) is 7.05 Å². The highest BCUT2D eigenvalue weighted by atomic mass is 16.1. The Morgan fingerprint density at radius 1 is 1.13 bits per heavy atom. The second-order valence-corrected chi connectivity index (χ2v) is 8.70. The maximum Gasteiger partial charge on any atom is 0.253 e. The van der Waals surface area contributed by atoms with Crippen LogP contribution in [0.4, 0.5) is 5.82 Å². The predicted octanol–water partition coefficient (Wildman–Crippen LogP) is 4.33. The first-order valence-corrected chi connectivity index (χ1v) is 10.1. The number of aromatic nitrogens is 2. The number of nitrogens with zero attached hydrogens (tertiary/aromatic N) is 3. The SMILES string of the molecule is CN1C=Nc2[nH]ccc2C1c1ccc(CNC(=O)c2ccc(C(C)(C)C)nc2)cc1. The normalized spacial score (nSPS) is 15.7. The van der Waals surface area contributed by atoms with Crippen LogP contribution in [0.25, 0.3) is 0 Å². The van der Waals surface area contributed by atoms with E-state index in [1.165, 1.54) is 5.56 Å². The summed E-state index contributed by atoms with van der Waals surface area (Å²) >= 11 is 0. The standard InChI is InChI=1S/C24H27N5O/c1-24(2,3)20-10-9-18(14-26-20)23(30)27-13-16-5-7-17(8-6-16)21-19-11-12-25-22(19)28-15-29(21)4/h5-12,14-15,21,25H,13H2,1-4H3,(H,27,30). The molecule has 154 valence electrons. The average Bonchev–Trinajstić information content (AvgIpc) is 3.20. The topological polar surface area (TPSA) is 73.4 Å². The van der Waals surface area contributed by atoms with E-state index in [1.54, 1.807) is 6.20 Å². The number of nitrogens with one attached hydrogen (secondary N) is 2. The Morgan fingerprint density at radius 2 is 1.90 bits per heavy atom. The first-order valence-electron chi connectivity index (χ1n) is 10.1. The summed E-state index contributed by atoms with van der Waals surface area (Å²) in [7, 11) is 2.03. The monoisotopic (exact) mass is 401 g/mol. The summed E-state index contributed by atoms with van der Waals surface area (Å²) in [6.07, 6.45) is 5.41. The summed E-state index contributed by atoms with van der Waals surface area (Å²) in [6.45, 7) is 6.78. The van der Waals surface area contributed by atoms with Gasteiger partial charge in [-0.1, -0.05) is 45.0 Å². The number of benzene rings is 1. The quantitative estimate of drug-likeness (QED) is 0.683. The maximum absolute atomic E-state index is 12.5. The third-order valence-electron chi connectivity index (χ3n) is 5.37. The van der Waals surface area contributed by atoms with Crippen molar-refractivity contribution in [3.05, 3.63) is 82.8 Å². The molecule has 2 aromatic heterocycles. The predicted molar refractivity (Wildman–Crippen MR) is 119 cm³/mol.